The predicted molar refractivity (Wildman–Crippen MR) is 74.2 cm³/mol. The van der Waals surface area contributed by atoms with Crippen LogP contribution in [0.25, 0.3) is 0 Å². The quantitative estimate of drug-likeness (QED) is 0.247. The third-order valence-electron chi connectivity index (χ3n) is 1.08. The van der Waals surface area contributed by atoms with E-state index in [4.69, 9.17) is 0 Å². The molecule has 0 spiro atoms. The minimum absolute atomic E-state index is 0. The fourth-order valence-electron chi connectivity index (χ4n) is 0.516. The SMILES string of the molecule is C.CC(C)NC#CC#CC(O)NC#CC#CS. The van der Waals surface area contributed by atoms with Crippen LogP contribution in [0.15, 0.2) is 0 Å². The Morgan fingerprint density at radius 3 is 2.18 bits per heavy atom. The fourth-order valence-corrected chi connectivity index (χ4v) is 0.572. The third-order valence-corrected chi connectivity index (χ3v) is 1.20. The maximum Gasteiger partial charge on any atom is 0.196 e. The molecule has 17 heavy (non-hydrogen) atoms. The largest absolute Gasteiger partial charge is 0.363 e. The van der Waals surface area contributed by atoms with Crippen LogP contribution in [0.1, 0.15) is 21.3 Å². The normalized spacial score (nSPS) is 8.29. The topological polar surface area (TPSA) is 44.3 Å². The minimum atomic E-state index is -1.04. The van der Waals surface area contributed by atoms with E-state index >= 15 is 0 Å². The molecule has 0 aromatic carbocycles. The highest BCUT2D eigenvalue weighted by atomic mass is 32.1. The molecule has 0 saturated carbocycles. The monoisotopic (exact) mass is 248 g/mol. The summed E-state index contributed by atoms with van der Waals surface area (Å²) >= 11 is 3.63. The maximum absolute atomic E-state index is 9.21. The van der Waals surface area contributed by atoms with Crippen LogP contribution in [-0.4, -0.2) is 17.4 Å². The van der Waals surface area contributed by atoms with Crippen molar-refractivity contribution in [1.82, 2.24) is 10.6 Å². The van der Waals surface area contributed by atoms with Crippen molar-refractivity contribution in [2.45, 2.75) is 33.5 Å². The molecule has 0 aromatic heterocycles. The van der Waals surface area contributed by atoms with Gasteiger partial charge >= 0.3 is 0 Å². The first-order valence-corrected chi connectivity index (χ1v) is 4.95. The number of aliphatic hydroxyl groups is 1. The molecule has 0 aromatic rings. The first-order chi connectivity index (χ1) is 7.66. The zero-order chi connectivity index (χ0) is 12.2. The van der Waals surface area contributed by atoms with Crippen LogP contribution in [0.4, 0.5) is 0 Å². The minimum Gasteiger partial charge on any atom is -0.363 e. The molecule has 0 amide bonds. The van der Waals surface area contributed by atoms with Crippen molar-refractivity contribution in [2.75, 3.05) is 0 Å². The average molecular weight is 248 g/mol. The standard InChI is InChI=1S/C12H12N2OS.CH4/c1-11(2)13-8-4-3-7-12(15)14-9-5-6-10-16;/h11-16H,1-2H3;1H4. The second-order valence-corrected chi connectivity index (χ2v) is 3.08. The van der Waals surface area contributed by atoms with Gasteiger partial charge in [-0.3, -0.25) is 0 Å². The van der Waals surface area contributed by atoms with E-state index in [-0.39, 0.29) is 13.5 Å². The van der Waals surface area contributed by atoms with E-state index in [1.807, 2.05) is 13.8 Å². The number of thiol groups is 1. The zero-order valence-electron chi connectivity index (χ0n) is 9.05. The van der Waals surface area contributed by atoms with Gasteiger partial charge in [-0.2, -0.15) is 0 Å². The summed E-state index contributed by atoms with van der Waals surface area (Å²) in [6.07, 6.45) is -1.04. The van der Waals surface area contributed by atoms with Crippen LogP contribution < -0.4 is 10.6 Å². The highest BCUT2D eigenvalue weighted by Crippen LogP contribution is 1.71. The number of rotatable bonds is 2. The van der Waals surface area contributed by atoms with Crippen molar-refractivity contribution in [3.05, 3.63) is 0 Å². The van der Waals surface area contributed by atoms with Gasteiger partial charge in [0.2, 0.25) is 0 Å². The molecule has 0 bridgehead atoms. The van der Waals surface area contributed by atoms with E-state index in [1.165, 1.54) is 0 Å². The number of nitrogens with one attached hydrogen (secondary N) is 2. The molecule has 0 aliphatic carbocycles. The molecule has 0 heterocycles. The molecule has 0 radical (unpaired) electrons. The predicted octanol–water partition coefficient (Wildman–Crippen LogP) is 0.344. The Kier molecular flexibility index (Phi) is 12.6. The first-order valence-electron chi connectivity index (χ1n) is 4.50. The van der Waals surface area contributed by atoms with Crippen LogP contribution >= 0.6 is 12.6 Å². The first kappa shape index (κ1) is 17.5. The van der Waals surface area contributed by atoms with Crippen molar-refractivity contribution in [1.29, 1.82) is 0 Å². The molecule has 1 atom stereocenters. The summed E-state index contributed by atoms with van der Waals surface area (Å²) in [4.78, 5) is 0. The van der Waals surface area contributed by atoms with Crippen LogP contribution in [0, 0.1) is 46.9 Å². The van der Waals surface area contributed by atoms with Gasteiger partial charge in [-0.05, 0) is 36.9 Å². The molecular formula is C13H16N2OS. The summed E-state index contributed by atoms with van der Waals surface area (Å²) in [5.41, 5.74) is 0. The van der Waals surface area contributed by atoms with E-state index in [1.54, 1.807) is 0 Å². The summed E-state index contributed by atoms with van der Waals surface area (Å²) in [6.45, 7) is 3.94. The third kappa shape index (κ3) is 14.2. The highest BCUT2D eigenvalue weighted by molar-refractivity contribution is 7.85. The molecule has 0 saturated heterocycles. The lowest BCUT2D eigenvalue weighted by molar-refractivity contribution is 0.215. The van der Waals surface area contributed by atoms with Crippen LogP contribution in [0.3, 0.4) is 0 Å². The van der Waals surface area contributed by atoms with E-state index in [0.717, 1.165) is 0 Å². The van der Waals surface area contributed by atoms with Crippen molar-refractivity contribution in [3.8, 4) is 46.9 Å². The molecule has 90 valence electrons. The van der Waals surface area contributed by atoms with Gasteiger partial charge in [0, 0.05) is 30.0 Å². The van der Waals surface area contributed by atoms with Gasteiger partial charge in [0.05, 0.1) is 0 Å². The maximum atomic E-state index is 9.21. The van der Waals surface area contributed by atoms with E-state index < -0.39 is 6.23 Å². The van der Waals surface area contributed by atoms with E-state index in [2.05, 4.69) is 70.2 Å². The molecule has 0 aliphatic rings. The molecule has 0 rings (SSSR count). The number of hydrogen-bond donors (Lipinski definition) is 4. The Hall–Kier alpha value is -1.85. The van der Waals surface area contributed by atoms with Gasteiger partial charge in [0.25, 0.3) is 0 Å². The van der Waals surface area contributed by atoms with Gasteiger partial charge < -0.3 is 15.7 Å². The lowest BCUT2D eigenvalue weighted by Crippen LogP contribution is -2.21. The van der Waals surface area contributed by atoms with E-state index in [0.29, 0.717) is 0 Å². The Bertz CT molecular complexity index is 441. The van der Waals surface area contributed by atoms with E-state index in [9.17, 15) is 5.11 Å². The molecule has 3 N–H and O–H groups in total. The summed E-state index contributed by atoms with van der Waals surface area (Å²) in [5.74, 6) is 12.3. The number of aliphatic hydroxyl groups excluding tert-OH is 1. The molecule has 3 nitrogen and oxygen atoms in total. The van der Waals surface area contributed by atoms with Crippen molar-refractivity contribution < 1.29 is 5.11 Å². The molecule has 1 unspecified atom stereocenters. The van der Waals surface area contributed by atoms with Crippen LogP contribution in [0.2, 0.25) is 0 Å². The van der Waals surface area contributed by atoms with Gasteiger partial charge in [0.15, 0.2) is 6.23 Å². The Morgan fingerprint density at radius 2 is 1.59 bits per heavy atom. The fraction of sp³-hybridized carbons (Fsp3) is 0.385. The number of hydrogen-bond acceptors (Lipinski definition) is 4. The summed E-state index contributed by atoms with van der Waals surface area (Å²) in [6, 6.07) is 5.32. The molecule has 0 fully saturated rings. The Balaban J connectivity index is 0. The van der Waals surface area contributed by atoms with Crippen LogP contribution in [0.5, 0.6) is 0 Å². The van der Waals surface area contributed by atoms with Gasteiger partial charge in [-0.1, -0.05) is 20.1 Å². The average Bonchev–Trinajstić information content (AvgIpc) is 2.23. The van der Waals surface area contributed by atoms with Crippen LogP contribution in [-0.2, 0) is 0 Å². The molecule has 4 heteroatoms. The lowest BCUT2D eigenvalue weighted by atomic mass is 10.4. The summed E-state index contributed by atoms with van der Waals surface area (Å²) < 4.78 is 0. The van der Waals surface area contributed by atoms with Crippen molar-refractivity contribution >= 4 is 12.6 Å². The lowest BCUT2D eigenvalue weighted by Gasteiger charge is -1.97. The second kappa shape index (κ2) is 12.2. The molecule has 0 aliphatic heterocycles. The van der Waals surface area contributed by atoms with Gasteiger partial charge in [0.1, 0.15) is 0 Å². The summed E-state index contributed by atoms with van der Waals surface area (Å²) in [7, 11) is 0. The zero-order valence-corrected chi connectivity index (χ0v) is 9.94. The van der Waals surface area contributed by atoms with Gasteiger partial charge in [-0.25, -0.2) is 0 Å². The smallest absolute Gasteiger partial charge is 0.196 e. The van der Waals surface area contributed by atoms with Crippen molar-refractivity contribution in [3.63, 3.8) is 0 Å². The Morgan fingerprint density at radius 1 is 1.00 bits per heavy atom. The Labute approximate surface area is 109 Å². The second-order valence-electron chi connectivity index (χ2n) is 2.85. The van der Waals surface area contributed by atoms with Gasteiger partial charge in [-0.15, -0.1) is 0 Å². The van der Waals surface area contributed by atoms with Crippen molar-refractivity contribution in [2.24, 2.45) is 0 Å². The summed E-state index contributed by atoms with van der Waals surface area (Å²) in [5, 5.41) is 16.8. The highest BCUT2D eigenvalue weighted by Gasteiger charge is 1.89. The molecular weight excluding hydrogens is 232 g/mol.